The Morgan fingerprint density at radius 1 is 0.625 bits per heavy atom. The standard InChI is InChI=1S/C19H40O3S.K/c1-2-3-4-5-6-7-8-9-10-11-12-13-14-15-16-17-18-19-22-23(20)21;/h2-19H2,1H3,(H,20,21);/q;+1/p-1. The van der Waals surface area contributed by atoms with Crippen molar-refractivity contribution in [2.75, 3.05) is 6.61 Å². The maximum absolute atomic E-state index is 10.1. The molecule has 0 saturated carbocycles. The van der Waals surface area contributed by atoms with Crippen LogP contribution in [-0.4, -0.2) is 15.4 Å². The SMILES string of the molecule is CCCCCCCCCCCCCCCCCCCOS(=O)[O-].[K+]. The van der Waals surface area contributed by atoms with Gasteiger partial charge in [0.1, 0.15) is 0 Å². The molecule has 0 aromatic rings. The van der Waals surface area contributed by atoms with Gasteiger partial charge in [0.05, 0.1) is 18.0 Å². The molecule has 0 aliphatic heterocycles. The Balaban J connectivity index is 0. The van der Waals surface area contributed by atoms with Crippen LogP contribution in [0.2, 0.25) is 0 Å². The van der Waals surface area contributed by atoms with Crippen molar-refractivity contribution in [2.24, 2.45) is 0 Å². The van der Waals surface area contributed by atoms with Crippen LogP contribution in [0.25, 0.3) is 0 Å². The van der Waals surface area contributed by atoms with Gasteiger partial charge in [-0.2, -0.15) is 0 Å². The van der Waals surface area contributed by atoms with E-state index in [-0.39, 0.29) is 51.4 Å². The van der Waals surface area contributed by atoms with Gasteiger partial charge in [-0.25, -0.2) is 4.21 Å². The van der Waals surface area contributed by atoms with Crippen molar-refractivity contribution in [2.45, 2.75) is 116 Å². The van der Waals surface area contributed by atoms with Gasteiger partial charge in [-0.3, -0.25) is 0 Å². The van der Waals surface area contributed by atoms with E-state index in [1.165, 1.54) is 96.3 Å². The summed E-state index contributed by atoms with van der Waals surface area (Å²) < 4.78 is 24.8. The van der Waals surface area contributed by atoms with Gasteiger partial charge in [-0.1, -0.05) is 110 Å². The monoisotopic (exact) mass is 386 g/mol. The number of unbranched alkanes of at least 4 members (excludes halogenated alkanes) is 16. The van der Waals surface area contributed by atoms with Crippen molar-refractivity contribution in [1.82, 2.24) is 0 Å². The second-order valence-corrected chi connectivity index (χ2v) is 7.33. The second-order valence-electron chi connectivity index (χ2n) is 6.68. The molecule has 0 aliphatic carbocycles. The molecule has 0 bridgehead atoms. The molecule has 5 heteroatoms. The van der Waals surface area contributed by atoms with E-state index >= 15 is 0 Å². The van der Waals surface area contributed by atoms with E-state index in [1.54, 1.807) is 0 Å². The van der Waals surface area contributed by atoms with Crippen molar-refractivity contribution in [3.05, 3.63) is 0 Å². The zero-order valence-electron chi connectivity index (χ0n) is 16.4. The fourth-order valence-electron chi connectivity index (χ4n) is 2.95. The van der Waals surface area contributed by atoms with Crippen LogP contribution in [-0.2, 0) is 15.5 Å². The molecule has 1 atom stereocenters. The van der Waals surface area contributed by atoms with Crippen LogP contribution in [0.4, 0.5) is 0 Å². The summed E-state index contributed by atoms with van der Waals surface area (Å²) in [6.45, 7) is 2.62. The number of hydrogen-bond donors (Lipinski definition) is 0. The van der Waals surface area contributed by atoms with Gasteiger partial charge in [0.2, 0.25) is 0 Å². The van der Waals surface area contributed by atoms with Crippen LogP contribution in [0.15, 0.2) is 0 Å². The van der Waals surface area contributed by atoms with Crippen molar-refractivity contribution >= 4 is 11.4 Å². The zero-order valence-corrected chi connectivity index (χ0v) is 20.3. The van der Waals surface area contributed by atoms with Gasteiger partial charge >= 0.3 is 51.4 Å². The van der Waals surface area contributed by atoms with E-state index in [9.17, 15) is 8.76 Å². The van der Waals surface area contributed by atoms with Gasteiger partial charge < -0.3 is 8.74 Å². The van der Waals surface area contributed by atoms with E-state index in [1.807, 2.05) is 0 Å². The Morgan fingerprint density at radius 2 is 0.917 bits per heavy atom. The molecule has 3 nitrogen and oxygen atoms in total. The summed E-state index contributed by atoms with van der Waals surface area (Å²) in [5.74, 6) is 0. The van der Waals surface area contributed by atoms with Crippen LogP contribution in [0.5, 0.6) is 0 Å². The van der Waals surface area contributed by atoms with Gasteiger partial charge in [0.25, 0.3) is 0 Å². The molecular formula is C19H39KO3S. The summed E-state index contributed by atoms with van der Waals surface area (Å²) in [6.07, 6.45) is 22.7. The van der Waals surface area contributed by atoms with Crippen molar-refractivity contribution in [3.8, 4) is 0 Å². The first-order chi connectivity index (χ1) is 11.3. The van der Waals surface area contributed by atoms with Crippen molar-refractivity contribution in [3.63, 3.8) is 0 Å². The fourth-order valence-corrected chi connectivity index (χ4v) is 3.21. The number of hydrogen-bond acceptors (Lipinski definition) is 3. The molecule has 24 heavy (non-hydrogen) atoms. The van der Waals surface area contributed by atoms with Crippen LogP contribution in [0.1, 0.15) is 116 Å². The summed E-state index contributed by atoms with van der Waals surface area (Å²) in [4.78, 5) is 0. The predicted molar refractivity (Wildman–Crippen MR) is 99.0 cm³/mol. The maximum Gasteiger partial charge on any atom is 1.00 e. The summed E-state index contributed by atoms with van der Waals surface area (Å²) in [5.41, 5.74) is 0. The molecule has 0 spiro atoms. The smallest absolute Gasteiger partial charge is 0.750 e. The zero-order chi connectivity index (χ0) is 17.0. The van der Waals surface area contributed by atoms with Crippen molar-refractivity contribution < 1.29 is 64.3 Å². The molecule has 0 fully saturated rings. The average molecular weight is 387 g/mol. The summed E-state index contributed by atoms with van der Waals surface area (Å²) in [7, 11) is 0. The normalized spacial score (nSPS) is 12.1. The molecule has 0 rings (SSSR count). The molecule has 0 N–H and O–H groups in total. The third kappa shape index (κ3) is 25.9. The Morgan fingerprint density at radius 3 is 1.21 bits per heavy atom. The molecule has 0 aromatic carbocycles. The molecule has 0 radical (unpaired) electrons. The van der Waals surface area contributed by atoms with Crippen LogP contribution in [0, 0.1) is 0 Å². The van der Waals surface area contributed by atoms with Gasteiger partial charge in [-0.15, -0.1) is 0 Å². The third-order valence-electron chi connectivity index (χ3n) is 4.43. The Labute approximate surface area is 196 Å². The minimum atomic E-state index is -2.33. The first-order valence-electron chi connectivity index (χ1n) is 10.00. The van der Waals surface area contributed by atoms with E-state index in [0.29, 0.717) is 6.61 Å². The molecule has 0 saturated heterocycles. The summed E-state index contributed by atoms with van der Waals surface area (Å²) in [5, 5.41) is 0. The fraction of sp³-hybridized carbons (Fsp3) is 1.00. The quantitative estimate of drug-likeness (QED) is 0.194. The topological polar surface area (TPSA) is 49.4 Å². The predicted octanol–water partition coefficient (Wildman–Crippen LogP) is 3.45. The van der Waals surface area contributed by atoms with E-state index in [2.05, 4.69) is 11.1 Å². The minimum Gasteiger partial charge on any atom is -0.750 e. The first-order valence-corrected chi connectivity index (χ1v) is 11.0. The molecule has 0 aromatic heterocycles. The molecule has 140 valence electrons. The van der Waals surface area contributed by atoms with Gasteiger partial charge in [-0.05, 0) is 6.42 Å². The van der Waals surface area contributed by atoms with Crippen LogP contribution >= 0.6 is 0 Å². The van der Waals surface area contributed by atoms with Crippen LogP contribution in [0.3, 0.4) is 0 Å². The summed E-state index contributed by atoms with van der Waals surface area (Å²) in [6, 6.07) is 0. The molecular weight excluding hydrogens is 347 g/mol. The Hall–Kier alpha value is 1.71. The van der Waals surface area contributed by atoms with E-state index < -0.39 is 11.4 Å². The van der Waals surface area contributed by atoms with Crippen molar-refractivity contribution in [1.29, 1.82) is 0 Å². The largest absolute Gasteiger partial charge is 1.00 e. The molecule has 0 amide bonds. The molecule has 0 aliphatic rings. The Kier molecular flexibility index (Phi) is 28.7. The number of rotatable bonds is 19. The third-order valence-corrected chi connectivity index (χ3v) is 4.79. The molecule has 0 heterocycles. The summed E-state index contributed by atoms with van der Waals surface area (Å²) >= 11 is -2.33. The average Bonchev–Trinajstić information content (AvgIpc) is 2.53. The van der Waals surface area contributed by atoms with Gasteiger partial charge in [0.15, 0.2) is 0 Å². The molecule has 1 unspecified atom stereocenters. The maximum atomic E-state index is 10.1. The van der Waals surface area contributed by atoms with E-state index in [0.717, 1.165) is 12.8 Å². The van der Waals surface area contributed by atoms with E-state index in [4.69, 9.17) is 0 Å². The van der Waals surface area contributed by atoms with Crippen LogP contribution < -0.4 is 51.4 Å². The Bertz CT molecular complexity index is 253. The van der Waals surface area contributed by atoms with Gasteiger partial charge in [0, 0.05) is 0 Å². The first kappa shape index (κ1) is 27.9. The minimum absolute atomic E-state index is 0. The second kappa shape index (κ2) is 24.7.